The molecule has 0 fully saturated rings. The molecule has 0 aliphatic carbocycles. The van der Waals surface area contributed by atoms with Gasteiger partial charge in [0.1, 0.15) is 11.3 Å². The van der Waals surface area contributed by atoms with Crippen LogP contribution >= 0.6 is 34.5 Å². The van der Waals surface area contributed by atoms with Gasteiger partial charge in [0.25, 0.3) is 0 Å². The number of carbonyl (C=O) groups is 1. The lowest BCUT2D eigenvalue weighted by Gasteiger charge is -2.00. The van der Waals surface area contributed by atoms with Gasteiger partial charge < -0.3 is 4.74 Å². The van der Waals surface area contributed by atoms with Crippen LogP contribution in [0.2, 0.25) is 10.0 Å². The van der Waals surface area contributed by atoms with Crippen molar-refractivity contribution in [3.63, 3.8) is 0 Å². The average Bonchev–Trinajstić information content (AvgIpc) is 2.99. The molecular weight excluding hydrogens is 367 g/mol. The van der Waals surface area contributed by atoms with Gasteiger partial charge in [0.15, 0.2) is 5.13 Å². The van der Waals surface area contributed by atoms with Gasteiger partial charge in [-0.25, -0.2) is 4.98 Å². The molecule has 0 aliphatic rings. The molecule has 1 heterocycles. The van der Waals surface area contributed by atoms with Gasteiger partial charge in [-0.05, 0) is 29.8 Å². The third-order valence-electron chi connectivity index (χ3n) is 3.23. The van der Waals surface area contributed by atoms with E-state index in [2.05, 4.69) is 10.3 Å². The van der Waals surface area contributed by atoms with Crippen molar-refractivity contribution in [2.45, 2.75) is 0 Å². The maximum atomic E-state index is 12.1. The number of anilines is 1. The SMILES string of the molecule is COc1ccc(Cl)c2sc(NC(=O)/C=C/c3ccccc3Cl)nc12. The molecule has 4 nitrogen and oxygen atoms in total. The van der Waals surface area contributed by atoms with Crippen molar-refractivity contribution in [1.29, 1.82) is 0 Å². The van der Waals surface area contributed by atoms with Gasteiger partial charge in [0, 0.05) is 11.1 Å². The van der Waals surface area contributed by atoms with E-state index in [1.54, 1.807) is 31.4 Å². The van der Waals surface area contributed by atoms with Crippen LogP contribution in [0.3, 0.4) is 0 Å². The fraction of sp³-hybridized carbons (Fsp3) is 0.0588. The predicted octanol–water partition coefficient (Wildman–Crippen LogP) is 5.26. The highest BCUT2D eigenvalue weighted by atomic mass is 35.5. The van der Waals surface area contributed by atoms with Crippen LogP contribution < -0.4 is 10.1 Å². The molecule has 3 rings (SSSR count). The summed E-state index contributed by atoms with van der Waals surface area (Å²) in [7, 11) is 1.56. The Bertz CT molecular complexity index is 937. The quantitative estimate of drug-likeness (QED) is 0.629. The van der Waals surface area contributed by atoms with Gasteiger partial charge >= 0.3 is 0 Å². The average molecular weight is 379 g/mol. The summed E-state index contributed by atoms with van der Waals surface area (Å²) < 4.78 is 6.03. The highest BCUT2D eigenvalue weighted by Crippen LogP contribution is 2.37. The fourth-order valence-corrected chi connectivity index (χ4v) is 3.45. The summed E-state index contributed by atoms with van der Waals surface area (Å²) in [6, 6.07) is 10.8. The van der Waals surface area contributed by atoms with Crippen molar-refractivity contribution in [3.8, 4) is 5.75 Å². The van der Waals surface area contributed by atoms with E-state index in [1.807, 2.05) is 18.2 Å². The van der Waals surface area contributed by atoms with E-state index in [1.165, 1.54) is 17.4 Å². The monoisotopic (exact) mass is 378 g/mol. The molecule has 1 amide bonds. The number of hydrogen-bond acceptors (Lipinski definition) is 4. The first-order valence-corrected chi connectivity index (χ1v) is 8.52. The summed E-state index contributed by atoms with van der Waals surface area (Å²) in [4.78, 5) is 16.4. The van der Waals surface area contributed by atoms with Crippen LogP contribution in [0.25, 0.3) is 16.3 Å². The van der Waals surface area contributed by atoms with Crippen molar-refractivity contribution >= 4 is 61.9 Å². The lowest BCUT2D eigenvalue weighted by Crippen LogP contribution is -2.07. The van der Waals surface area contributed by atoms with Crippen LogP contribution in [-0.2, 0) is 4.79 Å². The molecule has 0 aliphatic heterocycles. The third-order valence-corrected chi connectivity index (χ3v) is 5.00. The standard InChI is InChI=1S/C17H12Cl2N2O2S/c1-23-13-8-7-12(19)16-15(13)21-17(24-16)20-14(22)9-6-10-4-2-3-5-11(10)18/h2-9H,1H3,(H,20,21,22)/b9-6+. The summed E-state index contributed by atoms with van der Waals surface area (Å²) in [5.74, 6) is 0.307. The van der Waals surface area contributed by atoms with Gasteiger partial charge in [-0.15, -0.1) is 0 Å². The smallest absolute Gasteiger partial charge is 0.250 e. The van der Waals surface area contributed by atoms with Gasteiger partial charge in [-0.2, -0.15) is 0 Å². The normalized spacial score (nSPS) is 11.1. The van der Waals surface area contributed by atoms with Crippen LogP contribution in [0.1, 0.15) is 5.56 Å². The van der Waals surface area contributed by atoms with Crippen molar-refractivity contribution in [2.75, 3.05) is 12.4 Å². The zero-order valence-corrected chi connectivity index (χ0v) is 14.9. The Morgan fingerprint density at radius 1 is 1.21 bits per heavy atom. The van der Waals surface area contributed by atoms with Crippen molar-refractivity contribution in [2.24, 2.45) is 0 Å². The molecule has 0 atom stereocenters. The van der Waals surface area contributed by atoms with Crippen LogP contribution in [0.5, 0.6) is 5.75 Å². The van der Waals surface area contributed by atoms with Crippen molar-refractivity contribution < 1.29 is 9.53 Å². The first-order chi connectivity index (χ1) is 11.6. The molecule has 1 aromatic heterocycles. The van der Waals surface area contributed by atoms with Gasteiger partial charge in [0.05, 0.1) is 16.8 Å². The molecule has 0 saturated heterocycles. The number of thiazole rings is 1. The topological polar surface area (TPSA) is 51.2 Å². The number of nitrogens with zero attached hydrogens (tertiary/aromatic N) is 1. The molecule has 2 aromatic carbocycles. The van der Waals surface area contributed by atoms with E-state index in [0.717, 1.165) is 10.3 Å². The van der Waals surface area contributed by atoms with E-state index < -0.39 is 0 Å². The van der Waals surface area contributed by atoms with Crippen molar-refractivity contribution in [3.05, 3.63) is 58.1 Å². The fourth-order valence-electron chi connectivity index (χ4n) is 2.09. The van der Waals surface area contributed by atoms with Gasteiger partial charge in [-0.3, -0.25) is 10.1 Å². The van der Waals surface area contributed by atoms with E-state index in [0.29, 0.717) is 26.4 Å². The van der Waals surface area contributed by atoms with Crippen LogP contribution in [-0.4, -0.2) is 18.0 Å². The van der Waals surface area contributed by atoms with Crippen LogP contribution in [0.15, 0.2) is 42.5 Å². The number of halogens is 2. The minimum absolute atomic E-state index is 0.302. The molecule has 122 valence electrons. The lowest BCUT2D eigenvalue weighted by atomic mass is 10.2. The largest absolute Gasteiger partial charge is 0.494 e. The Labute approximate surface area is 152 Å². The van der Waals surface area contributed by atoms with E-state index >= 15 is 0 Å². The molecule has 0 spiro atoms. The Morgan fingerprint density at radius 2 is 2.00 bits per heavy atom. The number of nitrogens with one attached hydrogen (secondary N) is 1. The number of benzene rings is 2. The van der Waals surface area contributed by atoms with Crippen LogP contribution in [0.4, 0.5) is 5.13 Å². The third kappa shape index (κ3) is 3.53. The Hall–Kier alpha value is -2.08. The number of rotatable bonds is 4. The highest BCUT2D eigenvalue weighted by molar-refractivity contribution is 7.23. The van der Waals surface area contributed by atoms with Gasteiger partial charge in [-0.1, -0.05) is 52.7 Å². The zero-order chi connectivity index (χ0) is 17.1. The van der Waals surface area contributed by atoms with E-state index in [4.69, 9.17) is 27.9 Å². The number of carbonyl (C=O) groups excluding carboxylic acids is 1. The second kappa shape index (κ2) is 7.21. The molecule has 0 bridgehead atoms. The molecule has 0 unspecified atom stereocenters. The molecule has 24 heavy (non-hydrogen) atoms. The number of amides is 1. The first-order valence-electron chi connectivity index (χ1n) is 6.95. The maximum absolute atomic E-state index is 12.1. The molecular formula is C17H12Cl2N2O2S. The lowest BCUT2D eigenvalue weighted by molar-refractivity contribution is -0.111. The van der Waals surface area contributed by atoms with Crippen molar-refractivity contribution in [1.82, 2.24) is 4.98 Å². The highest BCUT2D eigenvalue weighted by Gasteiger charge is 2.13. The number of ether oxygens (including phenoxy) is 1. The Balaban J connectivity index is 1.81. The van der Waals surface area contributed by atoms with Gasteiger partial charge in [0.2, 0.25) is 5.91 Å². The van der Waals surface area contributed by atoms with E-state index in [-0.39, 0.29) is 5.91 Å². The number of hydrogen-bond donors (Lipinski definition) is 1. The Morgan fingerprint density at radius 3 is 2.75 bits per heavy atom. The second-order valence-corrected chi connectivity index (χ2v) is 6.60. The van der Waals surface area contributed by atoms with Crippen LogP contribution in [0, 0.1) is 0 Å². The zero-order valence-electron chi connectivity index (χ0n) is 12.5. The van der Waals surface area contributed by atoms with E-state index in [9.17, 15) is 4.79 Å². The first kappa shape index (κ1) is 16.8. The summed E-state index contributed by atoms with van der Waals surface area (Å²) in [6.07, 6.45) is 3.06. The molecule has 0 saturated carbocycles. The minimum Gasteiger partial charge on any atom is -0.494 e. The number of methoxy groups -OCH3 is 1. The molecule has 1 N–H and O–H groups in total. The second-order valence-electron chi connectivity index (χ2n) is 4.79. The summed E-state index contributed by atoms with van der Waals surface area (Å²) in [6.45, 7) is 0. The molecule has 0 radical (unpaired) electrons. The minimum atomic E-state index is -0.302. The Kier molecular flexibility index (Phi) is 5.04. The maximum Gasteiger partial charge on any atom is 0.250 e. The summed E-state index contributed by atoms with van der Waals surface area (Å²) in [5, 5.41) is 4.32. The molecule has 3 aromatic rings. The summed E-state index contributed by atoms with van der Waals surface area (Å²) in [5.41, 5.74) is 1.39. The number of fused-ring (bicyclic) bond motifs is 1. The summed E-state index contributed by atoms with van der Waals surface area (Å²) >= 11 is 13.5. The molecule has 7 heteroatoms. The predicted molar refractivity (Wildman–Crippen MR) is 100 cm³/mol. The number of aromatic nitrogens is 1.